The Kier molecular flexibility index (Phi) is 7.25. The molecule has 0 radical (unpaired) electrons. The van der Waals surface area contributed by atoms with Gasteiger partial charge >= 0.3 is 18.5 Å². The number of alkyl halides is 7. The minimum atomic E-state index is -4.68. The van der Waals surface area contributed by atoms with E-state index in [0.29, 0.717) is 17.2 Å². The summed E-state index contributed by atoms with van der Waals surface area (Å²) >= 11 is 5.14. The molecule has 0 spiro atoms. The molecule has 0 saturated carbocycles. The molecule has 180 valence electrons. The summed E-state index contributed by atoms with van der Waals surface area (Å²) < 4.78 is 108. The zero-order valence-corrected chi connectivity index (χ0v) is 17.2. The first-order valence-corrected chi connectivity index (χ1v) is 9.43. The van der Waals surface area contributed by atoms with E-state index in [1.807, 2.05) is 0 Å². The van der Waals surface area contributed by atoms with Gasteiger partial charge in [0.1, 0.15) is 11.5 Å². The van der Waals surface area contributed by atoms with Crippen LogP contribution in [-0.4, -0.2) is 43.6 Å². The lowest BCUT2D eigenvalue weighted by molar-refractivity contribution is -0.153. The Bertz CT molecular complexity index is 1000. The molecule has 0 aliphatic carbocycles. The van der Waals surface area contributed by atoms with E-state index in [1.165, 1.54) is 0 Å². The van der Waals surface area contributed by atoms with Crippen LogP contribution in [0.1, 0.15) is 0 Å². The first-order chi connectivity index (χ1) is 15.4. The molecular weight excluding hydrogens is 485 g/mol. The molecule has 1 aliphatic rings. The molecule has 1 heterocycles. The van der Waals surface area contributed by atoms with E-state index in [4.69, 9.17) is 21.7 Å². The van der Waals surface area contributed by atoms with Gasteiger partial charge in [0.05, 0.1) is 0 Å². The van der Waals surface area contributed by atoms with E-state index in [0.717, 1.165) is 18.2 Å². The van der Waals surface area contributed by atoms with Gasteiger partial charge in [-0.05, 0) is 24.4 Å². The van der Waals surface area contributed by atoms with E-state index < -0.39 is 43.2 Å². The van der Waals surface area contributed by atoms with E-state index in [2.05, 4.69) is 20.1 Å². The summed E-state index contributed by atoms with van der Waals surface area (Å²) in [6, 6.07) is 7.85. The molecule has 33 heavy (non-hydrogen) atoms. The Hall–Kier alpha value is -3.16. The zero-order valence-electron chi connectivity index (χ0n) is 16.3. The Balaban J connectivity index is 1.73. The number of ether oxygens (including phenoxy) is 4. The molecule has 2 N–H and O–H groups in total. The average Bonchev–Trinajstić information content (AvgIpc) is 3.18. The van der Waals surface area contributed by atoms with E-state index in [9.17, 15) is 30.7 Å². The predicted molar refractivity (Wildman–Crippen MR) is 107 cm³/mol. The number of anilines is 2. The maximum absolute atomic E-state index is 13.2. The van der Waals surface area contributed by atoms with Crippen molar-refractivity contribution < 1.29 is 49.7 Å². The van der Waals surface area contributed by atoms with Crippen LogP contribution in [0.25, 0.3) is 0 Å². The Morgan fingerprint density at radius 1 is 0.879 bits per heavy atom. The lowest BCUT2D eigenvalue weighted by Gasteiger charge is -2.18. The van der Waals surface area contributed by atoms with E-state index >= 15 is 0 Å². The number of hydrogen-bond donors (Lipinski definition) is 2. The summed E-state index contributed by atoms with van der Waals surface area (Å²) in [5, 5.41) is 5.38. The second kappa shape index (κ2) is 9.77. The predicted octanol–water partition coefficient (Wildman–Crippen LogP) is 5.44. The maximum Gasteiger partial charge on any atom is 0.422 e. The van der Waals surface area contributed by atoms with Gasteiger partial charge in [-0.15, -0.1) is 0 Å². The molecule has 3 rings (SSSR count). The highest BCUT2D eigenvalue weighted by Gasteiger charge is 2.41. The summed E-state index contributed by atoms with van der Waals surface area (Å²) in [4.78, 5) is 0. The van der Waals surface area contributed by atoms with Crippen LogP contribution in [0.3, 0.4) is 0 Å². The van der Waals surface area contributed by atoms with Crippen molar-refractivity contribution in [1.82, 2.24) is 0 Å². The summed E-state index contributed by atoms with van der Waals surface area (Å²) in [6.45, 7) is -3.32. The molecule has 2 aromatic carbocycles. The molecule has 2 aromatic rings. The average molecular weight is 500 g/mol. The number of halogens is 7. The fraction of sp³-hybridized carbons (Fsp3) is 0.316. The highest BCUT2D eigenvalue weighted by Crippen LogP contribution is 2.34. The number of hydrogen-bond acceptors (Lipinski definition) is 5. The zero-order chi connectivity index (χ0) is 24.2. The number of fused-ring (bicyclic) bond motifs is 1. The molecular formula is C19H15F7N2O4S. The van der Waals surface area contributed by atoms with Crippen LogP contribution in [0.15, 0.2) is 36.4 Å². The largest absolute Gasteiger partial charge is 0.487 e. The fourth-order valence-electron chi connectivity index (χ4n) is 2.49. The Morgan fingerprint density at radius 2 is 1.48 bits per heavy atom. The highest BCUT2D eigenvalue weighted by atomic mass is 32.1. The molecule has 0 unspecified atom stereocenters. The Labute approximate surface area is 187 Å². The molecule has 0 fully saturated rings. The van der Waals surface area contributed by atoms with Crippen molar-refractivity contribution in [1.29, 1.82) is 0 Å². The molecule has 14 heteroatoms. The third kappa shape index (κ3) is 7.17. The van der Waals surface area contributed by atoms with Crippen LogP contribution in [0, 0.1) is 0 Å². The third-order valence-corrected chi connectivity index (χ3v) is 4.13. The van der Waals surface area contributed by atoms with Crippen LogP contribution in [0.2, 0.25) is 0 Å². The lowest BCUT2D eigenvalue weighted by Crippen LogP contribution is -2.33. The number of rotatable bonds is 8. The van der Waals surface area contributed by atoms with Gasteiger partial charge in [-0.2, -0.15) is 22.0 Å². The van der Waals surface area contributed by atoms with Gasteiger partial charge in [-0.3, -0.25) is 0 Å². The number of nitrogens with one attached hydrogen (secondary N) is 2. The summed E-state index contributed by atoms with van der Waals surface area (Å²) in [5.74, 6) is -4.34. The van der Waals surface area contributed by atoms with Crippen molar-refractivity contribution in [3.05, 3.63) is 36.4 Å². The molecule has 0 amide bonds. The lowest BCUT2D eigenvalue weighted by atomic mass is 10.2. The van der Waals surface area contributed by atoms with Crippen LogP contribution in [0.5, 0.6) is 23.0 Å². The second-order valence-corrected chi connectivity index (χ2v) is 7.00. The van der Waals surface area contributed by atoms with Gasteiger partial charge < -0.3 is 29.6 Å². The van der Waals surface area contributed by atoms with Gasteiger partial charge in [0.25, 0.3) is 0 Å². The maximum atomic E-state index is 13.2. The fourth-order valence-corrected chi connectivity index (χ4v) is 2.72. The molecule has 0 aromatic heterocycles. The molecule has 0 atom stereocenters. The second-order valence-electron chi connectivity index (χ2n) is 6.59. The van der Waals surface area contributed by atoms with Crippen molar-refractivity contribution in [2.24, 2.45) is 0 Å². The topological polar surface area (TPSA) is 61.0 Å². The van der Waals surface area contributed by atoms with Gasteiger partial charge in [-0.25, -0.2) is 8.78 Å². The van der Waals surface area contributed by atoms with Crippen molar-refractivity contribution in [2.75, 3.05) is 30.6 Å². The molecule has 1 aliphatic heterocycles. The number of thiocarbonyl (C=S) groups is 1. The standard InChI is InChI=1S/C19H15F7N2O4S/c20-16(21)18(22,23)7-29-12-3-11(4-13(6-12)30-8-19(24,25)26)28-17(33)27-10-1-2-14-15(5-10)32-9-31-14/h1-6,16H,7-9H2,(H2,27,28,33). The number of benzene rings is 2. The van der Waals surface area contributed by atoms with Crippen molar-refractivity contribution in [3.63, 3.8) is 0 Å². The smallest absolute Gasteiger partial charge is 0.422 e. The van der Waals surface area contributed by atoms with Crippen molar-refractivity contribution >= 4 is 28.7 Å². The minimum absolute atomic E-state index is 0.0109. The normalized spacial score (nSPS) is 13.1. The van der Waals surface area contributed by atoms with Gasteiger partial charge in [0.2, 0.25) is 6.79 Å². The summed E-state index contributed by atoms with van der Waals surface area (Å²) in [7, 11) is 0. The van der Waals surface area contributed by atoms with Gasteiger partial charge in [-0.1, -0.05) is 0 Å². The van der Waals surface area contributed by atoms with Gasteiger partial charge in [0, 0.05) is 35.6 Å². The SMILES string of the molecule is FC(F)C(F)(F)COc1cc(NC(=S)Nc2ccc3c(c2)OCO3)cc(OCC(F)(F)F)c1. The van der Waals surface area contributed by atoms with Gasteiger partial charge in [0.15, 0.2) is 29.8 Å². The molecule has 6 nitrogen and oxygen atoms in total. The summed E-state index contributed by atoms with van der Waals surface area (Å²) in [6.07, 6.45) is -8.66. The quantitative estimate of drug-likeness (QED) is 0.370. The monoisotopic (exact) mass is 500 g/mol. The third-order valence-electron chi connectivity index (χ3n) is 3.92. The van der Waals surface area contributed by atoms with Crippen molar-refractivity contribution in [2.45, 2.75) is 18.5 Å². The van der Waals surface area contributed by atoms with Crippen LogP contribution in [0.4, 0.5) is 42.1 Å². The first kappa shape index (κ1) is 24.5. The first-order valence-electron chi connectivity index (χ1n) is 9.02. The van der Waals surface area contributed by atoms with Crippen LogP contribution < -0.4 is 29.6 Å². The van der Waals surface area contributed by atoms with Crippen LogP contribution >= 0.6 is 12.2 Å². The molecule has 0 bridgehead atoms. The van der Waals surface area contributed by atoms with E-state index in [1.54, 1.807) is 18.2 Å². The minimum Gasteiger partial charge on any atom is -0.487 e. The Morgan fingerprint density at radius 3 is 2.12 bits per heavy atom. The van der Waals surface area contributed by atoms with E-state index in [-0.39, 0.29) is 17.6 Å². The highest BCUT2D eigenvalue weighted by molar-refractivity contribution is 7.80. The molecule has 0 saturated heterocycles. The van der Waals surface area contributed by atoms with Crippen LogP contribution in [-0.2, 0) is 0 Å². The summed E-state index contributed by atoms with van der Waals surface area (Å²) in [5.41, 5.74) is 0.470. The van der Waals surface area contributed by atoms with Crippen molar-refractivity contribution in [3.8, 4) is 23.0 Å².